The van der Waals surface area contributed by atoms with Crippen LogP contribution in [0.5, 0.6) is 0 Å². The van der Waals surface area contributed by atoms with Crippen LogP contribution in [0.4, 0.5) is 0 Å². The van der Waals surface area contributed by atoms with Crippen LogP contribution in [0.1, 0.15) is 53.9 Å². The van der Waals surface area contributed by atoms with Gasteiger partial charge in [-0.05, 0) is 58.5 Å². The van der Waals surface area contributed by atoms with Crippen molar-refractivity contribution in [3.8, 4) is 0 Å². The number of nitrogens with zero attached hydrogens (tertiary/aromatic N) is 1. The largest absolute Gasteiger partial charge is 0.315 e. The molecule has 0 saturated heterocycles. The summed E-state index contributed by atoms with van der Waals surface area (Å²) in [5.74, 6) is 1.68. The predicted octanol–water partition coefficient (Wildman–Crippen LogP) is 3.13. The minimum atomic E-state index is 0.659. The number of rotatable bonds is 5. The molecule has 4 atom stereocenters. The molecular formula is C15H32N2. The topological polar surface area (TPSA) is 15.3 Å². The van der Waals surface area contributed by atoms with Crippen LogP contribution in [0.25, 0.3) is 0 Å². The highest BCUT2D eigenvalue weighted by Gasteiger charge is 2.37. The Morgan fingerprint density at radius 1 is 1.24 bits per heavy atom. The van der Waals surface area contributed by atoms with Crippen molar-refractivity contribution in [1.29, 1.82) is 0 Å². The lowest BCUT2D eigenvalue weighted by molar-refractivity contribution is 0.0421. The van der Waals surface area contributed by atoms with E-state index in [-0.39, 0.29) is 0 Å². The van der Waals surface area contributed by atoms with Crippen LogP contribution in [-0.4, -0.2) is 36.6 Å². The van der Waals surface area contributed by atoms with Crippen LogP contribution in [0.15, 0.2) is 0 Å². The Bertz CT molecular complexity index is 215. The summed E-state index contributed by atoms with van der Waals surface area (Å²) in [6.07, 6.45) is 3.97. The van der Waals surface area contributed by atoms with Gasteiger partial charge < -0.3 is 5.32 Å². The highest BCUT2D eigenvalue weighted by molar-refractivity contribution is 4.94. The SMILES string of the molecule is CCCN(C(C)C)C1C(C)CC(C)CC1NC. The fourth-order valence-electron chi connectivity index (χ4n) is 3.70. The fraction of sp³-hybridized carbons (Fsp3) is 1.00. The Morgan fingerprint density at radius 3 is 2.35 bits per heavy atom. The third kappa shape index (κ3) is 3.69. The monoisotopic (exact) mass is 240 g/mol. The van der Waals surface area contributed by atoms with Gasteiger partial charge in [0.2, 0.25) is 0 Å². The van der Waals surface area contributed by atoms with E-state index >= 15 is 0 Å². The average molecular weight is 240 g/mol. The molecule has 1 N–H and O–H groups in total. The summed E-state index contributed by atoms with van der Waals surface area (Å²) in [4.78, 5) is 2.72. The van der Waals surface area contributed by atoms with Crippen LogP contribution in [0.3, 0.4) is 0 Å². The van der Waals surface area contributed by atoms with Crippen LogP contribution < -0.4 is 5.32 Å². The standard InChI is InChI=1S/C15H32N2/c1-7-8-17(11(2)3)15-13(5)9-12(4)10-14(15)16-6/h11-16H,7-10H2,1-6H3. The molecule has 0 heterocycles. The van der Waals surface area contributed by atoms with Crippen molar-refractivity contribution in [2.45, 2.75) is 72.0 Å². The Morgan fingerprint density at radius 2 is 1.88 bits per heavy atom. The molecule has 2 nitrogen and oxygen atoms in total. The minimum Gasteiger partial charge on any atom is -0.315 e. The summed E-state index contributed by atoms with van der Waals surface area (Å²) in [7, 11) is 2.13. The van der Waals surface area contributed by atoms with Gasteiger partial charge in [0.15, 0.2) is 0 Å². The lowest BCUT2D eigenvalue weighted by Crippen LogP contribution is -2.57. The molecule has 1 aliphatic rings. The molecule has 0 aromatic rings. The molecule has 17 heavy (non-hydrogen) atoms. The predicted molar refractivity (Wildman–Crippen MR) is 76.3 cm³/mol. The molecule has 0 radical (unpaired) electrons. The first kappa shape index (κ1) is 15.0. The van der Waals surface area contributed by atoms with Gasteiger partial charge in [0.05, 0.1) is 0 Å². The van der Waals surface area contributed by atoms with Crippen molar-refractivity contribution in [1.82, 2.24) is 10.2 Å². The van der Waals surface area contributed by atoms with Gasteiger partial charge in [0.25, 0.3) is 0 Å². The van der Waals surface area contributed by atoms with Gasteiger partial charge in [-0.15, -0.1) is 0 Å². The maximum absolute atomic E-state index is 3.57. The molecule has 0 bridgehead atoms. The lowest BCUT2D eigenvalue weighted by atomic mass is 9.75. The van der Waals surface area contributed by atoms with Crippen molar-refractivity contribution in [2.24, 2.45) is 11.8 Å². The van der Waals surface area contributed by atoms with Gasteiger partial charge in [0, 0.05) is 18.1 Å². The van der Waals surface area contributed by atoms with Crippen molar-refractivity contribution >= 4 is 0 Å². The second-order valence-corrected chi connectivity index (χ2v) is 6.27. The van der Waals surface area contributed by atoms with Gasteiger partial charge in [0.1, 0.15) is 0 Å². The van der Waals surface area contributed by atoms with Crippen LogP contribution in [0, 0.1) is 11.8 Å². The summed E-state index contributed by atoms with van der Waals surface area (Å²) >= 11 is 0. The van der Waals surface area contributed by atoms with Crippen molar-refractivity contribution in [2.75, 3.05) is 13.6 Å². The van der Waals surface area contributed by atoms with E-state index in [9.17, 15) is 0 Å². The van der Waals surface area contributed by atoms with Gasteiger partial charge >= 0.3 is 0 Å². The third-order valence-corrected chi connectivity index (χ3v) is 4.32. The Hall–Kier alpha value is -0.0800. The molecule has 1 aliphatic carbocycles. The van der Waals surface area contributed by atoms with E-state index in [1.54, 1.807) is 0 Å². The highest BCUT2D eigenvalue weighted by Crippen LogP contribution is 2.33. The Labute approximate surface area is 108 Å². The first-order valence-corrected chi connectivity index (χ1v) is 7.44. The Balaban J connectivity index is 2.81. The molecule has 1 fully saturated rings. The molecule has 1 saturated carbocycles. The quantitative estimate of drug-likeness (QED) is 0.794. The van der Waals surface area contributed by atoms with E-state index in [1.165, 1.54) is 25.8 Å². The van der Waals surface area contributed by atoms with E-state index in [4.69, 9.17) is 0 Å². The van der Waals surface area contributed by atoms with Gasteiger partial charge in [-0.25, -0.2) is 0 Å². The Kier molecular flexibility index (Phi) is 5.94. The number of nitrogens with one attached hydrogen (secondary N) is 1. The normalized spacial score (nSPS) is 34.6. The molecule has 0 aromatic heterocycles. The van der Waals surface area contributed by atoms with Gasteiger partial charge in [-0.2, -0.15) is 0 Å². The molecule has 1 rings (SSSR count). The second-order valence-electron chi connectivity index (χ2n) is 6.27. The van der Waals surface area contributed by atoms with Gasteiger partial charge in [-0.1, -0.05) is 20.8 Å². The molecule has 102 valence electrons. The molecule has 0 spiro atoms. The molecule has 0 aromatic carbocycles. The zero-order valence-electron chi connectivity index (χ0n) is 12.7. The lowest BCUT2D eigenvalue weighted by Gasteiger charge is -2.47. The summed E-state index contributed by atoms with van der Waals surface area (Å²) < 4.78 is 0. The summed E-state index contributed by atoms with van der Waals surface area (Å²) in [5.41, 5.74) is 0. The van der Waals surface area contributed by atoms with Crippen LogP contribution in [-0.2, 0) is 0 Å². The van der Waals surface area contributed by atoms with Gasteiger partial charge in [-0.3, -0.25) is 4.90 Å². The number of hydrogen-bond donors (Lipinski definition) is 1. The zero-order valence-corrected chi connectivity index (χ0v) is 12.7. The summed E-state index contributed by atoms with van der Waals surface area (Å²) in [5, 5.41) is 3.57. The summed E-state index contributed by atoms with van der Waals surface area (Å²) in [6, 6.07) is 2.05. The van der Waals surface area contributed by atoms with Crippen LogP contribution in [0.2, 0.25) is 0 Å². The van der Waals surface area contributed by atoms with Crippen LogP contribution >= 0.6 is 0 Å². The number of hydrogen-bond acceptors (Lipinski definition) is 2. The molecule has 4 unspecified atom stereocenters. The first-order valence-electron chi connectivity index (χ1n) is 7.44. The molecular weight excluding hydrogens is 208 g/mol. The maximum atomic E-state index is 3.57. The highest BCUT2D eigenvalue weighted by atomic mass is 15.2. The van der Waals surface area contributed by atoms with Crippen molar-refractivity contribution in [3.63, 3.8) is 0 Å². The van der Waals surface area contributed by atoms with E-state index in [2.05, 4.69) is 51.9 Å². The van der Waals surface area contributed by atoms with E-state index in [0.717, 1.165) is 17.9 Å². The first-order chi connectivity index (χ1) is 8.01. The number of likely N-dealkylation sites (N-methyl/N-ethyl adjacent to an activating group) is 1. The zero-order chi connectivity index (χ0) is 13.0. The smallest absolute Gasteiger partial charge is 0.0277 e. The maximum Gasteiger partial charge on any atom is 0.0277 e. The molecule has 2 heteroatoms. The molecule has 0 aliphatic heterocycles. The van der Waals surface area contributed by atoms with Crippen molar-refractivity contribution in [3.05, 3.63) is 0 Å². The minimum absolute atomic E-state index is 0.659. The van der Waals surface area contributed by atoms with E-state index in [0.29, 0.717) is 12.1 Å². The third-order valence-electron chi connectivity index (χ3n) is 4.32. The summed E-state index contributed by atoms with van der Waals surface area (Å²) in [6.45, 7) is 13.0. The van der Waals surface area contributed by atoms with Crippen molar-refractivity contribution < 1.29 is 0 Å². The van der Waals surface area contributed by atoms with E-state index < -0.39 is 0 Å². The average Bonchev–Trinajstić information content (AvgIpc) is 2.25. The fourth-order valence-corrected chi connectivity index (χ4v) is 3.70. The second kappa shape index (κ2) is 6.75. The molecule has 0 amide bonds. The van der Waals surface area contributed by atoms with E-state index in [1.807, 2.05) is 0 Å².